The molecule has 1 saturated heterocycles. The van der Waals surface area contributed by atoms with Gasteiger partial charge in [0.15, 0.2) is 0 Å². The molecule has 0 aliphatic carbocycles. The van der Waals surface area contributed by atoms with Crippen LogP contribution in [0.5, 0.6) is 0 Å². The number of imide groups is 1. The van der Waals surface area contributed by atoms with Crippen LogP contribution in [-0.2, 0) is 24.0 Å². The number of nitrogens with one attached hydrogen (secondary N) is 2. The van der Waals surface area contributed by atoms with E-state index in [1.807, 2.05) is 6.07 Å². The summed E-state index contributed by atoms with van der Waals surface area (Å²) in [7, 11) is 0. The first kappa shape index (κ1) is 28.0. The van der Waals surface area contributed by atoms with Crippen molar-refractivity contribution in [1.29, 1.82) is 0 Å². The fourth-order valence-corrected chi connectivity index (χ4v) is 4.00. The van der Waals surface area contributed by atoms with E-state index < -0.39 is 55.0 Å². The van der Waals surface area contributed by atoms with Crippen LogP contribution in [0.15, 0.2) is 41.1 Å². The van der Waals surface area contributed by atoms with Crippen molar-refractivity contribution >= 4 is 35.0 Å². The van der Waals surface area contributed by atoms with E-state index >= 15 is 0 Å². The Balaban J connectivity index is 1.32. The van der Waals surface area contributed by atoms with Crippen molar-refractivity contribution in [2.75, 3.05) is 18.5 Å². The minimum Gasteiger partial charge on any atom is -0.394 e. The molecule has 0 spiro atoms. The van der Waals surface area contributed by atoms with Crippen LogP contribution in [0.25, 0.3) is 0 Å². The number of rotatable bonds is 12. The molecule has 36 heavy (non-hydrogen) atoms. The van der Waals surface area contributed by atoms with Crippen molar-refractivity contribution in [1.82, 2.24) is 10.4 Å². The van der Waals surface area contributed by atoms with E-state index in [9.17, 15) is 29.7 Å². The Morgan fingerprint density at radius 3 is 2.39 bits per heavy atom. The Morgan fingerprint density at radius 1 is 1.00 bits per heavy atom. The van der Waals surface area contributed by atoms with Crippen LogP contribution < -0.4 is 10.8 Å². The number of halogens is 1. The lowest BCUT2D eigenvalue weighted by atomic mass is 9.99. The fraction of sp³-hybridized carbons (Fsp3) is 0.522. The Morgan fingerprint density at radius 2 is 1.69 bits per heavy atom. The number of anilines is 1. The molecule has 13 heteroatoms. The lowest BCUT2D eigenvalue weighted by Crippen LogP contribution is -2.60. The van der Waals surface area contributed by atoms with Crippen LogP contribution >= 0.6 is 11.6 Å². The van der Waals surface area contributed by atoms with Crippen LogP contribution in [0.2, 0.25) is 0 Å². The quantitative estimate of drug-likeness (QED) is 0.120. The Kier molecular flexibility index (Phi) is 10.2. The van der Waals surface area contributed by atoms with Gasteiger partial charge in [0.05, 0.1) is 6.61 Å². The van der Waals surface area contributed by atoms with Gasteiger partial charge in [0.25, 0.3) is 11.8 Å². The van der Waals surface area contributed by atoms with E-state index in [1.165, 1.54) is 0 Å². The van der Waals surface area contributed by atoms with Gasteiger partial charge in [-0.05, 0) is 25.0 Å². The summed E-state index contributed by atoms with van der Waals surface area (Å²) in [5.41, 5.74) is 2.80. The van der Waals surface area contributed by atoms with Crippen molar-refractivity contribution < 1.29 is 44.4 Å². The molecular formula is C23H30ClN3O9. The third kappa shape index (κ3) is 6.79. The monoisotopic (exact) mass is 527 g/mol. The van der Waals surface area contributed by atoms with Crippen LogP contribution in [0.4, 0.5) is 5.69 Å². The zero-order valence-corrected chi connectivity index (χ0v) is 20.1. The number of para-hydroxylation sites is 1. The highest BCUT2D eigenvalue weighted by Gasteiger charge is 2.44. The summed E-state index contributed by atoms with van der Waals surface area (Å²) in [6.07, 6.45) is -4.95. The van der Waals surface area contributed by atoms with Gasteiger partial charge in [-0.1, -0.05) is 42.6 Å². The number of carbonyl (C=O) groups excluding carboxylic acids is 3. The molecule has 6 N–H and O–H groups in total. The maximum absolute atomic E-state index is 12.6. The van der Waals surface area contributed by atoms with Crippen LogP contribution in [-0.4, -0.2) is 86.9 Å². The normalized spacial score (nSPS) is 26.5. The van der Waals surface area contributed by atoms with E-state index in [1.54, 1.807) is 24.3 Å². The minimum atomic E-state index is -1.62. The summed E-state index contributed by atoms with van der Waals surface area (Å²) in [6, 6.07) is 8.91. The molecular weight excluding hydrogens is 498 g/mol. The van der Waals surface area contributed by atoms with E-state index in [0.717, 1.165) is 4.90 Å². The zero-order chi connectivity index (χ0) is 26.2. The topological polar surface area (TPSA) is 178 Å². The summed E-state index contributed by atoms with van der Waals surface area (Å²) in [5.74, 6) is -1.53. The number of benzene rings is 1. The van der Waals surface area contributed by atoms with Crippen LogP contribution in [0, 0.1) is 0 Å². The molecule has 0 unspecified atom stereocenters. The van der Waals surface area contributed by atoms with Gasteiger partial charge in [0, 0.05) is 18.7 Å². The largest absolute Gasteiger partial charge is 0.394 e. The molecule has 12 nitrogen and oxygen atoms in total. The summed E-state index contributed by atoms with van der Waals surface area (Å²) >= 11 is 6.08. The molecule has 0 saturated carbocycles. The highest BCUT2D eigenvalue weighted by Crippen LogP contribution is 2.26. The minimum absolute atomic E-state index is 0.0453. The first-order chi connectivity index (χ1) is 17.2. The SMILES string of the molecule is O=C(CCCCCCN1C(=O)C(Cl)=C(Nc2ccccc2)C1=O)NO[C@H]1O[C@H](CO)[C@H](O)[C@H](O)[C@H]1O. The number of aliphatic hydroxyl groups is 4. The lowest BCUT2D eigenvalue weighted by Gasteiger charge is -2.39. The summed E-state index contributed by atoms with van der Waals surface area (Å²) in [6.45, 7) is -0.416. The maximum Gasteiger partial charge on any atom is 0.278 e. The number of nitrogens with zero attached hydrogens (tertiary/aromatic N) is 1. The second-order valence-electron chi connectivity index (χ2n) is 8.45. The van der Waals surface area contributed by atoms with Gasteiger partial charge >= 0.3 is 0 Å². The van der Waals surface area contributed by atoms with Crippen LogP contribution in [0.1, 0.15) is 32.1 Å². The number of hydrogen-bond acceptors (Lipinski definition) is 10. The average Bonchev–Trinajstić information content (AvgIpc) is 3.07. The molecule has 0 radical (unpaired) electrons. The van der Waals surface area contributed by atoms with Crippen molar-refractivity contribution in [3.05, 3.63) is 41.1 Å². The standard InChI is InChI=1S/C23H30ClN3O9/c24-16-17(25-13-8-4-3-5-9-13)22(34)27(21(16)33)11-7-2-1-6-10-15(29)26-36-23-20(32)19(31)18(30)14(12-28)35-23/h3-5,8-9,14,18-20,23,25,28,30-32H,1-2,6-7,10-12H2,(H,26,29)/t14-,18+,19+,20-,23-/m1/s1. The van der Waals surface area contributed by atoms with Crippen molar-refractivity contribution in [3.63, 3.8) is 0 Å². The molecule has 1 aromatic rings. The third-order valence-corrected chi connectivity index (χ3v) is 6.18. The Labute approximate surface area is 212 Å². The van der Waals surface area contributed by atoms with Gasteiger partial charge in [-0.25, -0.2) is 10.3 Å². The predicted molar refractivity (Wildman–Crippen MR) is 126 cm³/mol. The van der Waals surface area contributed by atoms with Gasteiger partial charge < -0.3 is 30.5 Å². The molecule has 2 aliphatic heterocycles. The average molecular weight is 528 g/mol. The number of unbranched alkanes of at least 4 members (excludes halogenated alkanes) is 3. The van der Waals surface area contributed by atoms with Gasteiger partial charge in [0.1, 0.15) is 35.1 Å². The Bertz CT molecular complexity index is 959. The van der Waals surface area contributed by atoms with Gasteiger partial charge in [0.2, 0.25) is 12.2 Å². The molecule has 1 aromatic carbocycles. The molecule has 5 atom stereocenters. The van der Waals surface area contributed by atoms with Gasteiger partial charge in [-0.15, -0.1) is 0 Å². The van der Waals surface area contributed by atoms with E-state index in [2.05, 4.69) is 10.8 Å². The van der Waals surface area contributed by atoms with Crippen molar-refractivity contribution in [2.24, 2.45) is 0 Å². The molecule has 1 fully saturated rings. The highest BCUT2D eigenvalue weighted by atomic mass is 35.5. The van der Waals surface area contributed by atoms with E-state index in [-0.39, 0.29) is 23.7 Å². The van der Waals surface area contributed by atoms with Gasteiger partial charge in [-0.3, -0.25) is 19.3 Å². The van der Waals surface area contributed by atoms with Crippen molar-refractivity contribution in [2.45, 2.75) is 62.8 Å². The molecule has 0 aromatic heterocycles. The van der Waals surface area contributed by atoms with E-state index in [0.29, 0.717) is 31.4 Å². The molecule has 2 heterocycles. The molecule has 2 aliphatic rings. The Hall–Kier alpha value is -2.58. The number of carbonyl (C=O) groups is 3. The smallest absolute Gasteiger partial charge is 0.278 e. The molecule has 0 bridgehead atoms. The number of amides is 3. The zero-order valence-electron chi connectivity index (χ0n) is 19.4. The number of ether oxygens (including phenoxy) is 1. The maximum atomic E-state index is 12.6. The molecule has 3 amide bonds. The summed E-state index contributed by atoms with van der Waals surface area (Å²) in [4.78, 5) is 43.0. The third-order valence-electron chi connectivity index (χ3n) is 5.83. The molecule has 3 rings (SSSR count). The van der Waals surface area contributed by atoms with Crippen LogP contribution in [0.3, 0.4) is 0 Å². The second-order valence-corrected chi connectivity index (χ2v) is 8.82. The van der Waals surface area contributed by atoms with Crippen molar-refractivity contribution in [3.8, 4) is 0 Å². The number of hydroxylamine groups is 1. The number of aliphatic hydroxyl groups excluding tert-OH is 4. The highest BCUT2D eigenvalue weighted by molar-refractivity contribution is 6.48. The summed E-state index contributed by atoms with van der Waals surface area (Å²) < 4.78 is 5.13. The predicted octanol–water partition coefficient (Wildman–Crippen LogP) is -0.284. The second kappa shape index (κ2) is 13.1. The first-order valence-electron chi connectivity index (χ1n) is 11.6. The van der Waals surface area contributed by atoms with E-state index in [4.69, 9.17) is 26.3 Å². The summed E-state index contributed by atoms with van der Waals surface area (Å²) in [5, 5.41) is 41.2. The fourth-order valence-electron chi connectivity index (χ4n) is 3.77. The molecule has 198 valence electrons. The van der Waals surface area contributed by atoms with Gasteiger partial charge in [-0.2, -0.15) is 0 Å². The number of hydrogen-bond donors (Lipinski definition) is 6. The first-order valence-corrected chi connectivity index (χ1v) is 12.0. The lowest BCUT2D eigenvalue weighted by molar-refractivity contribution is -0.313.